The molecule has 112 valence electrons. The van der Waals surface area contributed by atoms with E-state index < -0.39 is 6.61 Å². The standard InChI is InChI=1S/C17H16N2O3/c1-10-7-12(4-6-16(10)22-2)17-18-13-5-3-11(15(21)9-20)8-14(13)19-17/h3-8,20H,9H2,1-2H3,(H,18,19). The minimum absolute atomic E-state index is 0.307. The van der Waals surface area contributed by atoms with E-state index in [0.29, 0.717) is 5.56 Å². The highest BCUT2D eigenvalue weighted by atomic mass is 16.5. The molecule has 0 fully saturated rings. The van der Waals surface area contributed by atoms with Crippen molar-refractivity contribution >= 4 is 16.8 Å². The number of imidazole rings is 1. The number of carbonyl (C=O) groups excluding carboxylic acids is 1. The van der Waals surface area contributed by atoms with Crippen molar-refractivity contribution in [1.29, 1.82) is 0 Å². The van der Waals surface area contributed by atoms with Crippen LogP contribution in [0.1, 0.15) is 15.9 Å². The smallest absolute Gasteiger partial charge is 0.188 e. The van der Waals surface area contributed by atoms with E-state index in [2.05, 4.69) is 9.97 Å². The van der Waals surface area contributed by atoms with E-state index in [0.717, 1.165) is 33.7 Å². The number of aromatic nitrogens is 2. The molecule has 2 N–H and O–H groups in total. The number of ketones is 1. The number of nitrogens with one attached hydrogen (secondary N) is 1. The highest BCUT2D eigenvalue weighted by Gasteiger charge is 2.10. The summed E-state index contributed by atoms with van der Waals surface area (Å²) in [6.07, 6.45) is 0. The number of nitrogens with zero attached hydrogens (tertiary/aromatic N) is 1. The lowest BCUT2D eigenvalue weighted by Crippen LogP contribution is -2.03. The topological polar surface area (TPSA) is 75.2 Å². The van der Waals surface area contributed by atoms with Crippen LogP contribution >= 0.6 is 0 Å². The third-order valence-electron chi connectivity index (χ3n) is 3.62. The highest BCUT2D eigenvalue weighted by Crippen LogP contribution is 2.26. The van der Waals surface area contributed by atoms with Crippen LogP contribution in [0.15, 0.2) is 36.4 Å². The molecule has 0 amide bonds. The molecule has 1 aromatic heterocycles. The summed E-state index contributed by atoms with van der Waals surface area (Å²) in [6.45, 7) is 1.48. The Balaban J connectivity index is 2.05. The minimum Gasteiger partial charge on any atom is -0.496 e. The van der Waals surface area contributed by atoms with E-state index in [4.69, 9.17) is 9.84 Å². The summed E-state index contributed by atoms with van der Waals surface area (Å²) in [5.41, 5.74) is 3.98. The fourth-order valence-corrected chi connectivity index (χ4v) is 2.44. The molecule has 0 radical (unpaired) electrons. The van der Waals surface area contributed by atoms with Crippen LogP contribution in [0.5, 0.6) is 5.75 Å². The van der Waals surface area contributed by atoms with Gasteiger partial charge < -0.3 is 14.8 Å². The first kappa shape index (κ1) is 14.3. The number of methoxy groups -OCH3 is 1. The van der Waals surface area contributed by atoms with Crippen molar-refractivity contribution in [2.24, 2.45) is 0 Å². The molecule has 0 saturated heterocycles. The Kier molecular flexibility index (Phi) is 3.65. The SMILES string of the molecule is COc1ccc(-c2nc3ccc(C(=O)CO)cc3[nH]2)cc1C. The third kappa shape index (κ3) is 2.46. The quantitative estimate of drug-likeness (QED) is 0.726. The zero-order valence-electron chi connectivity index (χ0n) is 12.4. The summed E-state index contributed by atoms with van der Waals surface area (Å²) in [5, 5.41) is 8.94. The van der Waals surface area contributed by atoms with Gasteiger partial charge in [-0.05, 0) is 48.9 Å². The van der Waals surface area contributed by atoms with Crippen LogP contribution in [0.2, 0.25) is 0 Å². The summed E-state index contributed by atoms with van der Waals surface area (Å²) >= 11 is 0. The summed E-state index contributed by atoms with van der Waals surface area (Å²) in [7, 11) is 1.64. The molecule has 2 aromatic carbocycles. The molecule has 3 aromatic rings. The molecule has 0 saturated carbocycles. The highest BCUT2D eigenvalue weighted by molar-refractivity contribution is 5.99. The Morgan fingerprint density at radius 1 is 1.27 bits per heavy atom. The second-order valence-corrected chi connectivity index (χ2v) is 5.08. The van der Waals surface area contributed by atoms with Crippen LogP contribution in [0.25, 0.3) is 22.4 Å². The van der Waals surface area contributed by atoms with E-state index in [1.54, 1.807) is 25.3 Å². The Morgan fingerprint density at radius 3 is 2.77 bits per heavy atom. The zero-order valence-corrected chi connectivity index (χ0v) is 12.4. The first-order chi connectivity index (χ1) is 10.6. The molecule has 0 bridgehead atoms. The van der Waals surface area contributed by atoms with E-state index in [-0.39, 0.29) is 5.78 Å². The van der Waals surface area contributed by atoms with E-state index >= 15 is 0 Å². The van der Waals surface area contributed by atoms with Crippen molar-refractivity contribution in [2.45, 2.75) is 6.92 Å². The number of aliphatic hydroxyl groups is 1. The van der Waals surface area contributed by atoms with Crippen molar-refractivity contribution in [3.8, 4) is 17.1 Å². The molecule has 0 aliphatic carbocycles. The van der Waals surface area contributed by atoms with Crippen molar-refractivity contribution in [3.05, 3.63) is 47.5 Å². The summed E-state index contributed by atoms with van der Waals surface area (Å²) < 4.78 is 5.26. The van der Waals surface area contributed by atoms with Gasteiger partial charge in [0.05, 0.1) is 18.1 Å². The van der Waals surface area contributed by atoms with Crippen molar-refractivity contribution < 1.29 is 14.6 Å². The Labute approximate surface area is 127 Å². The minimum atomic E-state index is -0.496. The molecule has 3 rings (SSSR count). The van der Waals surface area contributed by atoms with Crippen LogP contribution < -0.4 is 4.74 Å². The predicted octanol–water partition coefficient (Wildman–Crippen LogP) is 2.72. The maximum Gasteiger partial charge on any atom is 0.188 e. The molecular formula is C17H16N2O3. The monoisotopic (exact) mass is 296 g/mol. The van der Waals surface area contributed by atoms with Gasteiger partial charge in [-0.2, -0.15) is 0 Å². The molecule has 5 nitrogen and oxygen atoms in total. The lowest BCUT2D eigenvalue weighted by molar-refractivity contribution is 0.0904. The number of Topliss-reactive ketones (excluding diaryl/α,β-unsaturated/α-hetero) is 1. The molecule has 5 heteroatoms. The van der Waals surface area contributed by atoms with Gasteiger partial charge in [-0.1, -0.05) is 0 Å². The molecule has 0 spiro atoms. The predicted molar refractivity (Wildman–Crippen MR) is 84.2 cm³/mol. The fraction of sp³-hybridized carbons (Fsp3) is 0.176. The Bertz CT molecular complexity index is 852. The number of hydrogen-bond donors (Lipinski definition) is 2. The number of aliphatic hydroxyl groups excluding tert-OH is 1. The zero-order chi connectivity index (χ0) is 15.7. The Morgan fingerprint density at radius 2 is 2.09 bits per heavy atom. The van der Waals surface area contributed by atoms with Gasteiger partial charge in [0.15, 0.2) is 5.78 Å². The van der Waals surface area contributed by atoms with Gasteiger partial charge in [0.25, 0.3) is 0 Å². The van der Waals surface area contributed by atoms with E-state index in [1.807, 2.05) is 25.1 Å². The molecule has 0 aliphatic rings. The normalized spacial score (nSPS) is 10.9. The number of fused-ring (bicyclic) bond motifs is 1. The third-order valence-corrected chi connectivity index (χ3v) is 3.62. The van der Waals surface area contributed by atoms with Crippen LogP contribution in [-0.2, 0) is 0 Å². The molecule has 0 aliphatic heterocycles. The van der Waals surface area contributed by atoms with Gasteiger partial charge in [0.1, 0.15) is 18.2 Å². The first-order valence-electron chi connectivity index (χ1n) is 6.91. The summed E-state index contributed by atoms with van der Waals surface area (Å²) in [4.78, 5) is 19.3. The lowest BCUT2D eigenvalue weighted by atomic mass is 10.1. The number of H-pyrrole nitrogens is 1. The number of aromatic amines is 1. The van der Waals surface area contributed by atoms with Crippen LogP contribution in [0.4, 0.5) is 0 Å². The number of carbonyl (C=O) groups is 1. The van der Waals surface area contributed by atoms with Gasteiger partial charge in [-0.15, -0.1) is 0 Å². The number of ether oxygens (including phenoxy) is 1. The fourth-order valence-electron chi connectivity index (χ4n) is 2.44. The van der Waals surface area contributed by atoms with E-state index in [1.165, 1.54) is 0 Å². The van der Waals surface area contributed by atoms with Gasteiger partial charge in [-0.3, -0.25) is 4.79 Å². The molecule has 0 atom stereocenters. The maximum atomic E-state index is 11.6. The maximum absolute atomic E-state index is 11.6. The number of rotatable bonds is 4. The molecule has 22 heavy (non-hydrogen) atoms. The second-order valence-electron chi connectivity index (χ2n) is 5.08. The average molecular weight is 296 g/mol. The van der Waals surface area contributed by atoms with Crippen LogP contribution in [-0.4, -0.2) is 34.6 Å². The average Bonchev–Trinajstić information content (AvgIpc) is 2.97. The molecule has 1 heterocycles. The van der Waals surface area contributed by atoms with Gasteiger partial charge in [-0.25, -0.2) is 4.98 Å². The van der Waals surface area contributed by atoms with Crippen molar-refractivity contribution in [1.82, 2.24) is 9.97 Å². The van der Waals surface area contributed by atoms with Crippen LogP contribution in [0.3, 0.4) is 0 Å². The van der Waals surface area contributed by atoms with Crippen LogP contribution in [0, 0.1) is 6.92 Å². The van der Waals surface area contributed by atoms with E-state index in [9.17, 15) is 4.79 Å². The Hall–Kier alpha value is -2.66. The summed E-state index contributed by atoms with van der Waals surface area (Å²) in [5.74, 6) is 1.25. The van der Waals surface area contributed by atoms with Gasteiger partial charge in [0, 0.05) is 11.1 Å². The first-order valence-corrected chi connectivity index (χ1v) is 6.91. The second kappa shape index (κ2) is 5.61. The van der Waals surface area contributed by atoms with Gasteiger partial charge in [0.2, 0.25) is 0 Å². The number of benzene rings is 2. The number of hydrogen-bond acceptors (Lipinski definition) is 4. The number of aryl methyl sites for hydroxylation is 1. The van der Waals surface area contributed by atoms with Crippen molar-refractivity contribution in [3.63, 3.8) is 0 Å². The molecule has 0 unspecified atom stereocenters. The van der Waals surface area contributed by atoms with Gasteiger partial charge >= 0.3 is 0 Å². The van der Waals surface area contributed by atoms with Crippen molar-refractivity contribution in [2.75, 3.05) is 13.7 Å². The summed E-state index contributed by atoms with van der Waals surface area (Å²) in [6, 6.07) is 11.0. The molecular weight excluding hydrogens is 280 g/mol. The lowest BCUT2D eigenvalue weighted by Gasteiger charge is -2.05. The largest absolute Gasteiger partial charge is 0.496 e.